The first kappa shape index (κ1) is 20.4. The predicted octanol–water partition coefficient (Wildman–Crippen LogP) is 4.56. The third-order valence-corrected chi connectivity index (χ3v) is 5.79. The molecule has 1 atom stereocenters. The summed E-state index contributed by atoms with van der Waals surface area (Å²) < 4.78 is 23.3. The zero-order chi connectivity index (χ0) is 21.3. The van der Waals surface area contributed by atoms with Crippen molar-refractivity contribution in [3.63, 3.8) is 0 Å². The first-order valence-corrected chi connectivity index (χ1v) is 10.2. The third kappa shape index (κ3) is 3.78. The van der Waals surface area contributed by atoms with Crippen molar-refractivity contribution in [3.8, 4) is 34.3 Å². The molecule has 2 N–H and O–H groups in total. The van der Waals surface area contributed by atoms with E-state index in [9.17, 15) is 0 Å². The van der Waals surface area contributed by atoms with Gasteiger partial charge in [-0.15, -0.1) is 0 Å². The predicted molar refractivity (Wildman–Crippen MR) is 119 cm³/mol. The van der Waals surface area contributed by atoms with Crippen molar-refractivity contribution in [2.24, 2.45) is 0 Å². The van der Waals surface area contributed by atoms with Gasteiger partial charge in [0.1, 0.15) is 11.6 Å². The van der Waals surface area contributed by atoms with E-state index in [4.69, 9.17) is 30.5 Å². The number of benzene rings is 2. The van der Waals surface area contributed by atoms with Crippen molar-refractivity contribution in [2.45, 2.75) is 5.50 Å². The smallest absolute Gasteiger partial charge is 0.203 e. The molecule has 8 nitrogen and oxygen atoms in total. The molecule has 0 saturated carbocycles. The second-order valence-electron chi connectivity index (χ2n) is 6.33. The average Bonchev–Trinajstić information content (AvgIpc) is 3.31. The summed E-state index contributed by atoms with van der Waals surface area (Å²) in [5.41, 5.74) is 2.43. The van der Waals surface area contributed by atoms with Crippen LogP contribution in [0.3, 0.4) is 0 Å². The number of aromatic nitrogens is 2. The number of nitrogens with one attached hydrogen (secondary N) is 2. The molecule has 0 saturated heterocycles. The first-order chi connectivity index (χ1) is 14.6. The molecule has 4 rings (SSSR count). The van der Waals surface area contributed by atoms with Gasteiger partial charge in [-0.1, -0.05) is 11.6 Å². The monoisotopic (exact) mass is 448 g/mol. The molecule has 0 amide bonds. The quantitative estimate of drug-likeness (QED) is 0.544. The maximum Gasteiger partial charge on any atom is 0.203 e. The van der Waals surface area contributed by atoms with Gasteiger partial charge in [-0.2, -0.15) is 9.19 Å². The van der Waals surface area contributed by atoms with Gasteiger partial charge in [0.05, 0.1) is 39.2 Å². The largest absolute Gasteiger partial charge is 0.495 e. The second kappa shape index (κ2) is 8.45. The van der Waals surface area contributed by atoms with E-state index in [2.05, 4.69) is 15.7 Å². The zero-order valence-electron chi connectivity index (χ0n) is 16.9. The Morgan fingerprint density at radius 1 is 0.967 bits per heavy atom. The topological polar surface area (TPSA) is 78.8 Å². The molecule has 1 aliphatic heterocycles. The lowest BCUT2D eigenvalue weighted by Crippen LogP contribution is -2.21. The van der Waals surface area contributed by atoms with Crippen molar-refractivity contribution < 1.29 is 18.9 Å². The summed E-state index contributed by atoms with van der Waals surface area (Å²) in [7, 11) is 6.35. The Bertz CT molecular complexity index is 1030. The maximum absolute atomic E-state index is 6.20. The van der Waals surface area contributed by atoms with Crippen LogP contribution in [0.5, 0.6) is 23.0 Å². The van der Waals surface area contributed by atoms with Crippen LogP contribution in [-0.2, 0) is 0 Å². The number of anilines is 2. The minimum atomic E-state index is -0.0917. The number of hydrogen-bond donors (Lipinski definition) is 2. The number of ether oxygens (including phenoxy) is 4. The van der Waals surface area contributed by atoms with Crippen molar-refractivity contribution >= 4 is 35.1 Å². The summed E-state index contributed by atoms with van der Waals surface area (Å²) in [5.74, 6) is 3.22. The fraction of sp³-hybridized carbons (Fsp3) is 0.250. The lowest BCUT2D eigenvalue weighted by molar-refractivity contribution is 0.324. The Kier molecular flexibility index (Phi) is 5.74. The number of fused-ring (bicyclic) bond motifs is 1. The molecule has 0 radical (unpaired) electrons. The first-order valence-electron chi connectivity index (χ1n) is 9.00. The van der Waals surface area contributed by atoms with E-state index in [1.807, 2.05) is 40.5 Å². The van der Waals surface area contributed by atoms with Gasteiger partial charge in [0.2, 0.25) is 5.75 Å². The van der Waals surface area contributed by atoms with E-state index in [-0.39, 0.29) is 5.50 Å². The molecule has 3 aromatic rings. The second-order valence-corrected chi connectivity index (χ2v) is 7.76. The van der Waals surface area contributed by atoms with E-state index in [1.165, 1.54) is 11.9 Å². The van der Waals surface area contributed by atoms with E-state index in [0.717, 1.165) is 22.8 Å². The lowest BCUT2D eigenvalue weighted by atomic mass is 10.1. The number of halogens is 1. The van der Waals surface area contributed by atoms with Crippen LogP contribution in [0, 0.1) is 0 Å². The molecule has 30 heavy (non-hydrogen) atoms. The van der Waals surface area contributed by atoms with Gasteiger partial charge in [-0.3, -0.25) is 0 Å². The highest BCUT2D eigenvalue weighted by molar-refractivity contribution is 7.98. The Balaban J connectivity index is 1.52. The van der Waals surface area contributed by atoms with E-state index < -0.39 is 0 Å². The normalized spacial score (nSPS) is 14.6. The molecule has 158 valence electrons. The van der Waals surface area contributed by atoms with Gasteiger partial charge in [-0.25, -0.2) is 0 Å². The SMILES string of the molecule is COc1ccc(N[C@H]2Nc3cc(-c4cc(OC)c(OC)c(OC)c4)nn3S2)cc1Cl. The summed E-state index contributed by atoms with van der Waals surface area (Å²) in [5, 5.41) is 12.0. The highest BCUT2D eigenvalue weighted by atomic mass is 35.5. The lowest BCUT2D eigenvalue weighted by Gasteiger charge is -2.15. The van der Waals surface area contributed by atoms with Gasteiger partial charge >= 0.3 is 0 Å². The summed E-state index contributed by atoms with van der Waals surface area (Å²) in [6, 6.07) is 11.3. The molecule has 0 bridgehead atoms. The van der Waals surface area contributed by atoms with Crippen LogP contribution in [-0.4, -0.2) is 43.1 Å². The van der Waals surface area contributed by atoms with Crippen molar-refractivity contribution in [3.05, 3.63) is 41.4 Å². The van der Waals surface area contributed by atoms with Crippen LogP contribution in [0.2, 0.25) is 5.02 Å². The van der Waals surface area contributed by atoms with Crippen molar-refractivity contribution in [1.29, 1.82) is 0 Å². The zero-order valence-corrected chi connectivity index (χ0v) is 18.4. The standard InChI is InChI=1S/C20H21ClN4O4S/c1-26-15-6-5-12(9-13(15)21)22-20-23-18-10-14(24-25(18)30-20)11-7-16(27-2)19(29-4)17(8-11)28-3/h5-10,20,22-23H,1-4H3/t20-/m0/s1. The van der Waals surface area contributed by atoms with Gasteiger partial charge in [0.15, 0.2) is 17.0 Å². The van der Waals surface area contributed by atoms with Crippen LogP contribution in [0.1, 0.15) is 0 Å². The Morgan fingerprint density at radius 2 is 1.67 bits per heavy atom. The third-order valence-electron chi connectivity index (χ3n) is 4.57. The summed E-state index contributed by atoms with van der Waals surface area (Å²) >= 11 is 7.72. The molecular formula is C20H21ClN4O4S. The maximum atomic E-state index is 6.20. The van der Waals surface area contributed by atoms with Gasteiger partial charge in [0, 0.05) is 29.3 Å². The fourth-order valence-electron chi connectivity index (χ4n) is 3.14. The number of methoxy groups -OCH3 is 4. The van der Waals surface area contributed by atoms with Crippen LogP contribution in [0.25, 0.3) is 11.3 Å². The van der Waals surface area contributed by atoms with E-state index >= 15 is 0 Å². The van der Waals surface area contributed by atoms with Crippen molar-refractivity contribution in [1.82, 2.24) is 9.19 Å². The van der Waals surface area contributed by atoms with Gasteiger partial charge in [0.25, 0.3) is 0 Å². The Labute approximate surface area is 183 Å². The highest BCUT2D eigenvalue weighted by Crippen LogP contribution is 2.42. The molecule has 1 aromatic heterocycles. The number of nitrogens with zero attached hydrogens (tertiary/aromatic N) is 2. The summed E-state index contributed by atoms with van der Waals surface area (Å²) in [6.07, 6.45) is 0. The van der Waals surface area contributed by atoms with Crippen molar-refractivity contribution in [2.75, 3.05) is 39.1 Å². The Morgan fingerprint density at radius 3 is 2.23 bits per heavy atom. The molecule has 0 unspecified atom stereocenters. The number of rotatable bonds is 7. The van der Waals surface area contributed by atoms with Gasteiger partial charge in [-0.05, 0) is 30.3 Å². The van der Waals surface area contributed by atoms with Gasteiger partial charge < -0.3 is 29.6 Å². The van der Waals surface area contributed by atoms with Crippen LogP contribution in [0.15, 0.2) is 36.4 Å². The number of hydrogen-bond acceptors (Lipinski definition) is 8. The van der Waals surface area contributed by atoms with E-state index in [1.54, 1.807) is 28.4 Å². The van der Waals surface area contributed by atoms with Crippen LogP contribution in [0.4, 0.5) is 11.5 Å². The minimum absolute atomic E-state index is 0.0917. The molecule has 1 aliphatic rings. The molecule has 10 heteroatoms. The Hall–Kier alpha value is -2.91. The molecule has 2 aromatic carbocycles. The average molecular weight is 449 g/mol. The molecule has 0 spiro atoms. The minimum Gasteiger partial charge on any atom is -0.495 e. The molecule has 0 fully saturated rings. The fourth-order valence-corrected chi connectivity index (χ4v) is 4.32. The molecular weight excluding hydrogens is 428 g/mol. The van der Waals surface area contributed by atoms with Crippen LogP contribution >= 0.6 is 23.5 Å². The van der Waals surface area contributed by atoms with Crippen LogP contribution < -0.4 is 29.6 Å². The highest BCUT2D eigenvalue weighted by Gasteiger charge is 2.25. The summed E-state index contributed by atoms with van der Waals surface area (Å²) in [4.78, 5) is 0. The summed E-state index contributed by atoms with van der Waals surface area (Å²) in [6.45, 7) is 0. The molecule has 2 heterocycles. The van der Waals surface area contributed by atoms with E-state index in [0.29, 0.717) is 28.0 Å². The molecule has 0 aliphatic carbocycles.